The zero-order valence-electron chi connectivity index (χ0n) is 12.7. The molecule has 1 fully saturated rings. The number of aliphatic carboxylic acids is 1. The van der Waals surface area contributed by atoms with E-state index in [1.54, 1.807) is 0 Å². The maximum Gasteiger partial charge on any atom is 0.308 e. The van der Waals surface area contributed by atoms with Crippen molar-refractivity contribution in [3.05, 3.63) is 47.5 Å². The molecule has 3 nitrogen and oxygen atoms in total. The summed E-state index contributed by atoms with van der Waals surface area (Å²) in [5.41, 5.74) is 2.79. The van der Waals surface area contributed by atoms with Crippen molar-refractivity contribution in [2.24, 2.45) is 11.8 Å². The largest absolute Gasteiger partial charge is 0.481 e. The van der Waals surface area contributed by atoms with Crippen LogP contribution in [0.2, 0.25) is 0 Å². The van der Waals surface area contributed by atoms with Crippen LogP contribution < -0.4 is 0 Å². The first kappa shape index (κ1) is 14.3. The molecule has 112 valence electrons. The third-order valence-electron chi connectivity index (χ3n) is 5.25. The first-order chi connectivity index (χ1) is 10.1. The van der Waals surface area contributed by atoms with E-state index >= 15 is 0 Å². The quantitative estimate of drug-likeness (QED) is 0.865. The van der Waals surface area contributed by atoms with E-state index in [0.29, 0.717) is 12.0 Å². The molecule has 0 amide bonds. The topological polar surface area (TPSA) is 40.5 Å². The number of hydrogen-bond acceptors (Lipinski definition) is 2. The Morgan fingerprint density at radius 1 is 1.33 bits per heavy atom. The summed E-state index contributed by atoms with van der Waals surface area (Å²) in [6.45, 7) is 2.18. The summed E-state index contributed by atoms with van der Waals surface area (Å²) < 4.78 is 0. The van der Waals surface area contributed by atoms with Gasteiger partial charge in [-0.15, -0.1) is 0 Å². The highest BCUT2D eigenvalue weighted by atomic mass is 16.4. The van der Waals surface area contributed by atoms with Crippen molar-refractivity contribution in [1.82, 2.24) is 4.90 Å². The molecule has 0 saturated carbocycles. The Morgan fingerprint density at radius 2 is 2.05 bits per heavy atom. The molecule has 1 aromatic rings. The van der Waals surface area contributed by atoms with Crippen molar-refractivity contribution in [3.8, 4) is 0 Å². The standard InChI is InChI=1S/C18H23NO2/c1-3-13-10-17-15(18(20)21)11-14(13)16(19(17)2)9-12-7-5-4-6-8-12/h4-8,10,14-17H,3,9,11H2,1-2H3,(H,20,21). The lowest BCUT2D eigenvalue weighted by Crippen LogP contribution is -2.58. The van der Waals surface area contributed by atoms with Gasteiger partial charge in [-0.25, -0.2) is 0 Å². The monoisotopic (exact) mass is 285 g/mol. The van der Waals surface area contributed by atoms with Crippen LogP contribution in [0.1, 0.15) is 25.3 Å². The zero-order valence-corrected chi connectivity index (χ0v) is 12.7. The van der Waals surface area contributed by atoms with Crippen molar-refractivity contribution in [1.29, 1.82) is 0 Å². The summed E-state index contributed by atoms with van der Waals surface area (Å²) in [5.74, 6) is -0.518. The maximum absolute atomic E-state index is 11.5. The molecule has 2 aliphatic heterocycles. The fourth-order valence-electron chi connectivity index (χ4n) is 4.10. The molecule has 4 unspecified atom stereocenters. The van der Waals surface area contributed by atoms with Gasteiger partial charge in [-0.05, 0) is 37.8 Å². The molecule has 4 rings (SSSR count). The Balaban J connectivity index is 1.87. The van der Waals surface area contributed by atoms with E-state index in [4.69, 9.17) is 0 Å². The highest BCUT2D eigenvalue weighted by molar-refractivity contribution is 5.72. The lowest BCUT2D eigenvalue weighted by atomic mass is 9.67. The minimum atomic E-state index is -0.651. The molecule has 1 N–H and O–H groups in total. The summed E-state index contributed by atoms with van der Waals surface area (Å²) in [6.07, 6.45) is 5.05. The number of rotatable bonds is 4. The van der Waals surface area contributed by atoms with Gasteiger partial charge in [0.15, 0.2) is 0 Å². The molecular formula is C18H23NO2. The van der Waals surface area contributed by atoms with Crippen LogP contribution in [0.15, 0.2) is 42.0 Å². The number of likely N-dealkylation sites (N-methyl/N-ethyl adjacent to an activating group) is 1. The number of nitrogens with zero attached hydrogens (tertiary/aromatic N) is 1. The molecule has 0 spiro atoms. The summed E-state index contributed by atoms with van der Waals surface area (Å²) in [4.78, 5) is 13.8. The minimum Gasteiger partial charge on any atom is -0.481 e. The molecule has 2 heterocycles. The summed E-state index contributed by atoms with van der Waals surface area (Å²) in [6, 6.07) is 11.0. The normalized spacial score (nSPS) is 32.0. The average Bonchev–Trinajstić information content (AvgIpc) is 2.51. The number of benzene rings is 1. The van der Waals surface area contributed by atoms with Gasteiger partial charge in [0.05, 0.1) is 5.92 Å². The molecule has 1 saturated heterocycles. The molecule has 2 bridgehead atoms. The summed E-state index contributed by atoms with van der Waals surface area (Å²) in [7, 11) is 2.09. The van der Waals surface area contributed by atoms with E-state index in [1.807, 2.05) is 6.07 Å². The van der Waals surface area contributed by atoms with Crippen LogP contribution in [0.5, 0.6) is 0 Å². The number of carboxylic acid groups (broad SMARTS) is 1. The van der Waals surface area contributed by atoms with E-state index in [9.17, 15) is 9.90 Å². The zero-order chi connectivity index (χ0) is 15.0. The van der Waals surface area contributed by atoms with Gasteiger partial charge in [-0.1, -0.05) is 48.9 Å². The number of carboxylic acids is 1. The van der Waals surface area contributed by atoms with E-state index in [0.717, 1.165) is 19.3 Å². The van der Waals surface area contributed by atoms with Crippen molar-refractivity contribution in [2.75, 3.05) is 7.05 Å². The van der Waals surface area contributed by atoms with Crippen molar-refractivity contribution < 1.29 is 9.90 Å². The SMILES string of the molecule is CCC1=CC2C(C(=O)O)CC1C(Cc1ccccc1)N2C. The van der Waals surface area contributed by atoms with E-state index in [2.05, 4.69) is 49.2 Å². The van der Waals surface area contributed by atoms with Crippen LogP contribution >= 0.6 is 0 Å². The van der Waals surface area contributed by atoms with Gasteiger partial charge in [-0.2, -0.15) is 0 Å². The van der Waals surface area contributed by atoms with Crippen LogP contribution in [0.4, 0.5) is 0 Å². The second kappa shape index (κ2) is 5.64. The first-order valence-corrected chi connectivity index (χ1v) is 7.81. The van der Waals surface area contributed by atoms with Gasteiger partial charge in [0.25, 0.3) is 0 Å². The fraction of sp³-hybridized carbons (Fsp3) is 0.500. The molecule has 0 radical (unpaired) electrons. The Morgan fingerprint density at radius 3 is 2.67 bits per heavy atom. The van der Waals surface area contributed by atoms with Gasteiger partial charge in [0.1, 0.15) is 0 Å². The Hall–Kier alpha value is -1.61. The highest BCUT2D eigenvalue weighted by Crippen LogP contribution is 2.44. The van der Waals surface area contributed by atoms with Crippen molar-refractivity contribution in [3.63, 3.8) is 0 Å². The van der Waals surface area contributed by atoms with Gasteiger partial charge >= 0.3 is 5.97 Å². The lowest BCUT2D eigenvalue weighted by Gasteiger charge is -2.51. The molecule has 21 heavy (non-hydrogen) atoms. The van der Waals surface area contributed by atoms with Crippen LogP contribution in [0.3, 0.4) is 0 Å². The second-order valence-electron chi connectivity index (χ2n) is 6.30. The Bertz CT molecular complexity index is 552. The van der Waals surface area contributed by atoms with E-state index in [1.165, 1.54) is 11.1 Å². The Kier molecular flexibility index (Phi) is 3.85. The number of piperidine rings is 1. The van der Waals surface area contributed by atoms with Crippen LogP contribution in [-0.4, -0.2) is 35.1 Å². The molecular weight excluding hydrogens is 262 g/mol. The molecule has 0 aromatic heterocycles. The first-order valence-electron chi connectivity index (χ1n) is 7.81. The third kappa shape index (κ3) is 2.51. The maximum atomic E-state index is 11.5. The third-order valence-corrected chi connectivity index (χ3v) is 5.25. The predicted octanol–water partition coefficient (Wildman–Crippen LogP) is 2.97. The fourth-order valence-corrected chi connectivity index (χ4v) is 4.10. The molecule has 1 aromatic carbocycles. The Labute approximate surface area is 126 Å². The predicted molar refractivity (Wildman–Crippen MR) is 83.1 cm³/mol. The molecule has 3 aliphatic rings. The molecule has 3 heteroatoms. The summed E-state index contributed by atoms with van der Waals surface area (Å²) >= 11 is 0. The van der Waals surface area contributed by atoms with E-state index < -0.39 is 5.97 Å². The van der Waals surface area contributed by atoms with Crippen LogP contribution in [-0.2, 0) is 11.2 Å². The van der Waals surface area contributed by atoms with Gasteiger partial charge in [0.2, 0.25) is 0 Å². The van der Waals surface area contributed by atoms with Gasteiger partial charge in [-0.3, -0.25) is 9.69 Å². The highest BCUT2D eigenvalue weighted by Gasteiger charge is 2.47. The number of hydrogen-bond donors (Lipinski definition) is 1. The second-order valence-corrected chi connectivity index (χ2v) is 6.30. The van der Waals surface area contributed by atoms with Crippen LogP contribution in [0.25, 0.3) is 0 Å². The lowest BCUT2D eigenvalue weighted by molar-refractivity contribution is -0.147. The smallest absolute Gasteiger partial charge is 0.308 e. The van der Waals surface area contributed by atoms with Crippen molar-refractivity contribution in [2.45, 2.75) is 38.3 Å². The molecule has 4 atom stereocenters. The molecule has 1 aliphatic carbocycles. The van der Waals surface area contributed by atoms with E-state index in [-0.39, 0.29) is 12.0 Å². The van der Waals surface area contributed by atoms with Crippen LogP contribution in [0, 0.1) is 11.8 Å². The average molecular weight is 285 g/mol. The van der Waals surface area contributed by atoms with Crippen molar-refractivity contribution >= 4 is 5.97 Å². The van der Waals surface area contributed by atoms with Gasteiger partial charge in [0, 0.05) is 12.1 Å². The number of fused-ring (bicyclic) bond motifs is 2. The minimum absolute atomic E-state index is 0.0520. The number of carbonyl (C=O) groups is 1. The summed E-state index contributed by atoms with van der Waals surface area (Å²) in [5, 5.41) is 9.46. The van der Waals surface area contributed by atoms with Gasteiger partial charge < -0.3 is 5.11 Å².